The lowest BCUT2D eigenvalue weighted by Crippen LogP contribution is -2.56. The lowest BCUT2D eigenvalue weighted by Gasteiger charge is -2.42. The summed E-state index contributed by atoms with van der Waals surface area (Å²) in [5, 5.41) is 4.55. The van der Waals surface area contributed by atoms with Crippen molar-refractivity contribution in [2.24, 2.45) is 0 Å². The summed E-state index contributed by atoms with van der Waals surface area (Å²) >= 11 is 0. The molecule has 2 saturated heterocycles. The molecule has 4 heterocycles. The molecule has 0 aliphatic carbocycles. The zero-order valence-corrected chi connectivity index (χ0v) is 17.5. The summed E-state index contributed by atoms with van der Waals surface area (Å²) in [5.41, 5.74) is 1.01. The Morgan fingerprint density at radius 3 is 2.29 bits per heavy atom. The van der Waals surface area contributed by atoms with Gasteiger partial charge in [-0.15, -0.1) is 0 Å². The SMILES string of the molecule is C=C(F)C(=O)N1CC(n2nc(-c3ccc(C(F)(F)F)cc3)c3nccc(N4CC(F)(F)C4)c32)C1. The van der Waals surface area contributed by atoms with E-state index in [4.69, 9.17) is 0 Å². The Kier molecular flexibility index (Phi) is 4.88. The number of aromatic nitrogens is 3. The van der Waals surface area contributed by atoms with Crippen molar-refractivity contribution >= 4 is 22.6 Å². The number of hydrogen-bond donors (Lipinski definition) is 0. The molecule has 34 heavy (non-hydrogen) atoms. The average molecular weight is 481 g/mol. The van der Waals surface area contributed by atoms with Gasteiger partial charge in [-0.25, -0.2) is 13.2 Å². The molecule has 0 N–H and O–H groups in total. The van der Waals surface area contributed by atoms with Crippen molar-refractivity contribution in [3.05, 3.63) is 54.5 Å². The van der Waals surface area contributed by atoms with E-state index in [0.29, 0.717) is 22.3 Å². The Labute approximate surface area is 189 Å². The molecule has 5 rings (SSSR count). The van der Waals surface area contributed by atoms with E-state index in [1.165, 1.54) is 32.8 Å². The van der Waals surface area contributed by atoms with Gasteiger partial charge in [-0.3, -0.25) is 14.5 Å². The van der Waals surface area contributed by atoms with Gasteiger partial charge in [-0.2, -0.15) is 18.3 Å². The Balaban J connectivity index is 1.58. The Hall–Kier alpha value is -3.57. The number of rotatable bonds is 4. The van der Waals surface area contributed by atoms with E-state index >= 15 is 0 Å². The number of amides is 1. The molecule has 6 nitrogen and oxygen atoms in total. The van der Waals surface area contributed by atoms with Crippen molar-refractivity contribution in [3.63, 3.8) is 0 Å². The molecular formula is C22H17F6N5O. The van der Waals surface area contributed by atoms with E-state index in [9.17, 15) is 31.1 Å². The van der Waals surface area contributed by atoms with Crippen molar-refractivity contribution < 1.29 is 31.1 Å². The van der Waals surface area contributed by atoms with E-state index in [1.807, 2.05) is 0 Å². The summed E-state index contributed by atoms with van der Waals surface area (Å²) in [6.45, 7) is 2.22. The highest BCUT2D eigenvalue weighted by atomic mass is 19.4. The molecule has 2 aliphatic heterocycles. The van der Waals surface area contributed by atoms with Crippen LogP contribution in [-0.2, 0) is 11.0 Å². The Morgan fingerprint density at radius 1 is 1.09 bits per heavy atom. The van der Waals surface area contributed by atoms with Crippen LogP contribution in [0.2, 0.25) is 0 Å². The molecule has 2 aliphatic rings. The largest absolute Gasteiger partial charge is 0.416 e. The van der Waals surface area contributed by atoms with Gasteiger partial charge in [0.2, 0.25) is 0 Å². The van der Waals surface area contributed by atoms with E-state index < -0.39 is 48.5 Å². The summed E-state index contributed by atoms with van der Waals surface area (Å²) in [6.07, 6.45) is -3.08. The van der Waals surface area contributed by atoms with Crippen LogP contribution in [0.4, 0.5) is 32.0 Å². The third kappa shape index (κ3) is 3.66. The fourth-order valence-corrected chi connectivity index (χ4v) is 4.21. The molecule has 2 aromatic heterocycles. The fourth-order valence-electron chi connectivity index (χ4n) is 4.21. The smallest absolute Gasteiger partial charge is 0.357 e. The summed E-state index contributed by atoms with van der Waals surface area (Å²) in [6, 6.07) is 5.55. The lowest BCUT2D eigenvalue weighted by molar-refractivity contribution is -0.137. The maximum absolute atomic E-state index is 13.6. The molecule has 0 atom stereocenters. The summed E-state index contributed by atoms with van der Waals surface area (Å²) in [4.78, 5) is 18.9. The number of anilines is 1. The second-order valence-electron chi connectivity index (χ2n) is 8.38. The number of halogens is 6. The maximum Gasteiger partial charge on any atom is 0.416 e. The number of carbonyl (C=O) groups is 1. The summed E-state index contributed by atoms with van der Waals surface area (Å²) < 4.78 is 80.8. The molecule has 12 heteroatoms. The van der Waals surface area contributed by atoms with Crippen LogP contribution >= 0.6 is 0 Å². The van der Waals surface area contributed by atoms with Crippen LogP contribution in [0.15, 0.2) is 48.9 Å². The van der Waals surface area contributed by atoms with Crippen molar-refractivity contribution in [1.29, 1.82) is 0 Å². The minimum Gasteiger partial charge on any atom is -0.357 e. The van der Waals surface area contributed by atoms with Crippen LogP contribution in [0.25, 0.3) is 22.3 Å². The molecule has 178 valence electrons. The van der Waals surface area contributed by atoms with Crippen LogP contribution in [0.5, 0.6) is 0 Å². The number of pyridine rings is 1. The van der Waals surface area contributed by atoms with Gasteiger partial charge in [-0.05, 0) is 18.2 Å². The van der Waals surface area contributed by atoms with E-state index in [0.717, 1.165) is 12.1 Å². The second-order valence-corrected chi connectivity index (χ2v) is 8.38. The van der Waals surface area contributed by atoms with Crippen LogP contribution in [-0.4, -0.2) is 57.7 Å². The minimum absolute atomic E-state index is 0.107. The Bertz CT molecular complexity index is 1290. The molecule has 2 fully saturated rings. The van der Waals surface area contributed by atoms with Crippen LogP contribution in [0.1, 0.15) is 11.6 Å². The summed E-state index contributed by atoms with van der Waals surface area (Å²) in [5.74, 6) is -4.78. The van der Waals surface area contributed by atoms with E-state index in [1.54, 1.807) is 6.07 Å². The fraction of sp³-hybridized carbons (Fsp3) is 0.318. The first-order chi connectivity index (χ1) is 15.9. The topological polar surface area (TPSA) is 54.3 Å². The first-order valence-corrected chi connectivity index (χ1v) is 10.3. The van der Waals surface area contributed by atoms with Gasteiger partial charge >= 0.3 is 6.18 Å². The highest BCUT2D eigenvalue weighted by Gasteiger charge is 2.45. The van der Waals surface area contributed by atoms with Crippen molar-refractivity contribution in [2.45, 2.75) is 18.1 Å². The predicted molar refractivity (Wildman–Crippen MR) is 111 cm³/mol. The predicted octanol–water partition coefficient (Wildman–Crippen LogP) is 4.44. The zero-order chi connectivity index (χ0) is 24.4. The average Bonchev–Trinajstić information content (AvgIpc) is 3.10. The van der Waals surface area contributed by atoms with Crippen molar-refractivity contribution in [1.82, 2.24) is 19.7 Å². The number of carbonyl (C=O) groups excluding carboxylic acids is 1. The standard InChI is InChI=1S/C22H17F6N5O/c1-12(23)20(34)31-8-15(9-31)33-19-16(32-10-21(24,25)11-32)6-7-29-18(19)17(30-33)13-2-4-14(5-3-13)22(26,27)28/h2-7,15H,1,8-11H2. The first-order valence-electron chi connectivity index (χ1n) is 10.3. The molecule has 0 radical (unpaired) electrons. The van der Waals surface area contributed by atoms with E-state index in [-0.39, 0.29) is 18.8 Å². The van der Waals surface area contributed by atoms with Gasteiger partial charge in [0.15, 0.2) is 5.83 Å². The normalized spacial score (nSPS) is 18.1. The number of hydrogen-bond acceptors (Lipinski definition) is 4. The molecule has 1 aromatic carbocycles. The molecule has 1 amide bonds. The third-order valence-electron chi connectivity index (χ3n) is 5.96. The number of nitrogens with zero attached hydrogens (tertiary/aromatic N) is 5. The highest BCUT2D eigenvalue weighted by Crippen LogP contribution is 2.40. The summed E-state index contributed by atoms with van der Waals surface area (Å²) in [7, 11) is 0. The van der Waals surface area contributed by atoms with Gasteiger partial charge in [0.25, 0.3) is 11.8 Å². The molecule has 0 bridgehead atoms. The number of benzene rings is 1. The second kappa shape index (κ2) is 7.47. The van der Waals surface area contributed by atoms with Gasteiger partial charge in [0.05, 0.1) is 30.4 Å². The third-order valence-corrected chi connectivity index (χ3v) is 5.96. The molecular weight excluding hydrogens is 464 g/mol. The molecule has 0 unspecified atom stereocenters. The van der Waals surface area contributed by atoms with Gasteiger partial charge in [0.1, 0.15) is 16.7 Å². The van der Waals surface area contributed by atoms with Crippen LogP contribution in [0, 0.1) is 0 Å². The Morgan fingerprint density at radius 2 is 1.74 bits per heavy atom. The first kappa shape index (κ1) is 22.2. The molecule has 0 saturated carbocycles. The van der Waals surface area contributed by atoms with Gasteiger partial charge < -0.3 is 9.80 Å². The van der Waals surface area contributed by atoms with Crippen molar-refractivity contribution in [2.75, 3.05) is 31.1 Å². The van der Waals surface area contributed by atoms with Gasteiger partial charge in [0, 0.05) is 24.8 Å². The zero-order valence-electron chi connectivity index (χ0n) is 17.5. The lowest BCUT2D eigenvalue weighted by atomic mass is 10.1. The quantitative estimate of drug-likeness (QED) is 0.409. The highest BCUT2D eigenvalue weighted by molar-refractivity contribution is 5.98. The number of alkyl halides is 5. The van der Waals surface area contributed by atoms with Crippen molar-refractivity contribution in [3.8, 4) is 11.3 Å². The minimum atomic E-state index is -4.50. The molecule has 3 aromatic rings. The maximum atomic E-state index is 13.6. The number of fused-ring (bicyclic) bond motifs is 1. The monoisotopic (exact) mass is 481 g/mol. The van der Waals surface area contributed by atoms with Gasteiger partial charge in [-0.1, -0.05) is 18.7 Å². The molecule has 0 spiro atoms. The van der Waals surface area contributed by atoms with Crippen LogP contribution in [0.3, 0.4) is 0 Å². The number of likely N-dealkylation sites (tertiary alicyclic amines) is 1. The van der Waals surface area contributed by atoms with E-state index in [2.05, 4.69) is 16.7 Å². The van der Waals surface area contributed by atoms with Crippen LogP contribution < -0.4 is 4.90 Å².